The zero-order valence-electron chi connectivity index (χ0n) is 53.7. The molecule has 62 heavy (non-hydrogen) atoms. The molecule has 7 aromatic rings. The number of nitrogens with zero attached hydrogens (tertiary/aromatic N) is 3. The second kappa shape index (κ2) is 14.8. The molecule has 0 amide bonds. The predicted molar refractivity (Wildman–Crippen MR) is 270 cm³/mol. The predicted octanol–water partition coefficient (Wildman–Crippen LogP) is 14.4. The van der Waals surface area contributed by atoms with Gasteiger partial charge in [0.1, 0.15) is 0 Å². The summed E-state index contributed by atoms with van der Waals surface area (Å²) in [6.45, 7) is 19.7. The van der Waals surface area contributed by atoms with E-state index in [0.717, 1.165) is 0 Å². The Morgan fingerprint density at radius 2 is 0.726 bits per heavy atom. The second-order valence-electron chi connectivity index (χ2n) is 20.3. The highest BCUT2D eigenvalue weighted by Crippen LogP contribution is 2.49. The zero-order chi connectivity index (χ0) is 57.9. The van der Waals surface area contributed by atoms with Crippen molar-refractivity contribution in [2.75, 3.05) is 14.7 Å². The summed E-state index contributed by atoms with van der Waals surface area (Å²) in [4.78, 5) is 4.06. The van der Waals surface area contributed by atoms with Crippen molar-refractivity contribution in [1.82, 2.24) is 0 Å². The van der Waals surface area contributed by atoms with Crippen LogP contribution in [0.15, 0.2) is 157 Å². The van der Waals surface area contributed by atoms with Gasteiger partial charge in [-0.1, -0.05) is 168 Å². The van der Waals surface area contributed by atoms with Crippen LogP contribution in [0.2, 0.25) is 0 Å². The van der Waals surface area contributed by atoms with Gasteiger partial charge >= 0.3 is 0 Å². The van der Waals surface area contributed by atoms with Crippen LogP contribution in [0.5, 0.6) is 0 Å². The van der Waals surface area contributed by atoms with Crippen molar-refractivity contribution in [3.05, 3.63) is 180 Å². The molecule has 0 bridgehead atoms. The Bertz CT molecular complexity index is 3410. The lowest BCUT2D eigenvalue weighted by Crippen LogP contribution is -2.61. The van der Waals surface area contributed by atoms with Crippen molar-refractivity contribution in [2.45, 2.75) is 105 Å². The second-order valence-corrected chi connectivity index (χ2v) is 20.3. The van der Waals surface area contributed by atoms with Crippen LogP contribution in [0, 0.1) is 0 Å². The van der Waals surface area contributed by atoms with Gasteiger partial charge in [0.05, 0.1) is 27.6 Å². The Hall–Kier alpha value is -6.00. The number of hydrogen-bond acceptors (Lipinski definition) is 3. The average Bonchev–Trinajstić information content (AvgIpc) is 3.33. The number of benzene rings is 7. The minimum Gasteiger partial charge on any atom is -0.311 e. The fourth-order valence-corrected chi connectivity index (χ4v) is 7.84. The third-order valence-electron chi connectivity index (χ3n) is 11.3. The van der Waals surface area contributed by atoms with Gasteiger partial charge in [-0.2, -0.15) is 0 Å². The molecule has 0 spiro atoms. The standard InChI is InChI=1S/C58H62BN3/c1-55(2,3)39-23-29-45(30-24-39)61-50-33-27-41(57(7,8)9)35-48(50)59-49-36-42(58(10,11)12)28-34-51(49)62(46-31-25-40(26-32-46)56(4,5)6)53-38-47(37-52(61)54(53)59)60(43-19-15-13-16-20-43)44-21-17-14-18-22-44/h13-38H,1-12H3/i23D,24D,25D,26D,27D,28D,29D,30D,31D,32D,33D,34D,35D,36D,37D,38D. The highest BCUT2D eigenvalue weighted by Gasteiger charge is 2.45. The highest BCUT2D eigenvalue weighted by atomic mass is 15.2. The van der Waals surface area contributed by atoms with Crippen molar-refractivity contribution in [3.63, 3.8) is 0 Å². The van der Waals surface area contributed by atoms with Gasteiger partial charge in [-0.3, -0.25) is 0 Å². The summed E-state index contributed by atoms with van der Waals surface area (Å²) in [5, 5.41) is 0. The first-order chi connectivity index (χ1) is 36.0. The minimum atomic E-state index is -1.53. The Balaban J connectivity index is 1.68. The molecular formula is C58H62BN3. The van der Waals surface area contributed by atoms with E-state index in [4.69, 9.17) is 0 Å². The van der Waals surface area contributed by atoms with Gasteiger partial charge in [0.25, 0.3) is 6.71 Å². The summed E-state index contributed by atoms with van der Waals surface area (Å²) in [6, 6.07) is 10.3. The molecule has 3 nitrogen and oxygen atoms in total. The molecule has 0 N–H and O–H groups in total. The number of anilines is 9. The summed E-state index contributed by atoms with van der Waals surface area (Å²) >= 11 is 0. The van der Waals surface area contributed by atoms with Gasteiger partial charge in [-0.25, -0.2) is 0 Å². The average molecular weight is 828 g/mol. The van der Waals surface area contributed by atoms with E-state index in [1.165, 1.54) is 9.80 Å². The molecule has 2 heterocycles. The Morgan fingerprint density at radius 1 is 0.387 bits per heavy atom. The molecule has 9 rings (SSSR count). The van der Waals surface area contributed by atoms with Crippen molar-refractivity contribution in [3.8, 4) is 0 Å². The first kappa shape index (κ1) is 26.5. The minimum absolute atomic E-state index is 0.0701. The zero-order valence-corrected chi connectivity index (χ0v) is 37.7. The van der Waals surface area contributed by atoms with E-state index in [2.05, 4.69) is 0 Å². The van der Waals surface area contributed by atoms with Gasteiger partial charge in [0, 0.05) is 45.5 Å². The maximum absolute atomic E-state index is 10.8. The fourth-order valence-electron chi connectivity index (χ4n) is 7.84. The van der Waals surface area contributed by atoms with Crippen molar-refractivity contribution in [2.24, 2.45) is 0 Å². The Labute approximate surface area is 394 Å². The van der Waals surface area contributed by atoms with Crippen LogP contribution < -0.4 is 31.1 Å². The van der Waals surface area contributed by atoms with Crippen LogP contribution in [-0.4, -0.2) is 6.71 Å². The lowest BCUT2D eigenvalue weighted by Gasteiger charge is -2.45. The molecule has 0 saturated heterocycles. The molecule has 0 saturated carbocycles. The molecule has 2 aliphatic rings. The quantitative estimate of drug-likeness (QED) is 0.160. The van der Waals surface area contributed by atoms with Gasteiger partial charge in [0.15, 0.2) is 0 Å². The van der Waals surface area contributed by atoms with Crippen LogP contribution >= 0.6 is 0 Å². The number of para-hydroxylation sites is 2. The molecular weight excluding hydrogens is 749 g/mol. The summed E-state index contributed by atoms with van der Waals surface area (Å²) in [5.41, 5.74) is -5.00. The molecule has 0 fully saturated rings. The van der Waals surface area contributed by atoms with Crippen LogP contribution in [-0.2, 0) is 21.7 Å². The van der Waals surface area contributed by atoms with E-state index in [-0.39, 0.29) is 79.2 Å². The van der Waals surface area contributed by atoms with Crippen LogP contribution in [0.25, 0.3) is 0 Å². The molecule has 0 aromatic heterocycles. The molecule has 2 aliphatic heterocycles. The third-order valence-corrected chi connectivity index (χ3v) is 11.3. The van der Waals surface area contributed by atoms with Gasteiger partial charge in [-0.05, 0) is 133 Å². The normalized spacial score (nSPS) is 17.3. The topological polar surface area (TPSA) is 9.72 Å². The largest absolute Gasteiger partial charge is 0.311 e. The van der Waals surface area contributed by atoms with E-state index < -0.39 is 124 Å². The van der Waals surface area contributed by atoms with Crippen molar-refractivity contribution >= 4 is 74.3 Å². The Morgan fingerprint density at radius 3 is 1.06 bits per heavy atom. The van der Waals surface area contributed by atoms with E-state index in [0.29, 0.717) is 11.4 Å². The SMILES string of the molecule is [2H]c1c([2H])c(C(C)(C)C)c([2H])c([2H])c1N1c2c([2H])c([2H])c(C(C)(C)C)c([2H])c2B2c3c([2H])c(C(C)(C)C)c([2H])c([2H])c3N(c3c([2H])c([2H])c(C(C)(C)C)c([2H])c3[2H])c3c([2H])c(N(c4ccccc4)c4ccccc4)c([2H])c1c32. The molecule has 0 aliphatic carbocycles. The molecule has 0 unspecified atom stereocenters. The molecule has 312 valence electrons. The van der Waals surface area contributed by atoms with Crippen LogP contribution in [0.4, 0.5) is 51.2 Å². The highest BCUT2D eigenvalue weighted by molar-refractivity contribution is 7.00. The fraction of sp³-hybridized carbons (Fsp3) is 0.276. The number of rotatable bonds is 5. The number of fused-ring (bicyclic) bond motifs is 4. The monoisotopic (exact) mass is 828 g/mol. The van der Waals surface area contributed by atoms with E-state index >= 15 is 0 Å². The van der Waals surface area contributed by atoms with Gasteiger partial charge < -0.3 is 14.7 Å². The van der Waals surface area contributed by atoms with E-state index in [9.17, 15) is 21.9 Å². The smallest absolute Gasteiger partial charge is 0.252 e. The lowest BCUT2D eigenvalue weighted by atomic mass is 9.33. The molecule has 4 heteroatoms. The van der Waals surface area contributed by atoms with Crippen LogP contribution in [0.3, 0.4) is 0 Å². The lowest BCUT2D eigenvalue weighted by molar-refractivity contribution is 0.590. The van der Waals surface area contributed by atoms with E-state index in [1.54, 1.807) is 149 Å². The first-order valence-electron chi connectivity index (χ1n) is 29.2. The third kappa shape index (κ3) is 7.32. The first-order valence-corrected chi connectivity index (χ1v) is 21.2. The number of hydrogen-bond donors (Lipinski definition) is 0. The Kier molecular flexibility index (Phi) is 6.33. The van der Waals surface area contributed by atoms with Crippen molar-refractivity contribution < 1.29 is 21.9 Å². The maximum atomic E-state index is 10.8. The summed E-state index contributed by atoms with van der Waals surface area (Å²) < 4.78 is 161. The van der Waals surface area contributed by atoms with Crippen molar-refractivity contribution in [1.29, 1.82) is 0 Å². The molecule has 7 aromatic carbocycles. The van der Waals surface area contributed by atoms with E-state index in [1.807, 2.05) is 0 Å². The summed E-state index contributed by atoms with van der Waals surface area (Å²) in [5.74, 6) is 0. The summed E-state index contributed by atoms with van der Waals surface area (Å²) in [7, 11) is 0. The van der Waals surface area contributed by atoms with Gasteiger partial charge in [0.2, 0.25) is 0 Å². The summed E-state index contributed by atoms with van der Waals surface area (Å²) in [6.07, 6.45) is 0. The maximum Gasteiger partial charge on any atom is 0.252 e. The molecule has 0 radical (unpaired) electrons. The molecule has 0 atom stereocenters. The van der Waals surface area contributed by atoms with Crippen LogP contribution in [0.1, 0.15) is 127 Å². The van der Waals surface area contributed by atoms with Gasteiger partial charge in [-0.15, -0.1) is 0 Å².